The molecule has 0 saturated carbocycles. The van der Waals surface area contributed by atoms with Crippen LogP contribution in [0.1, 0.15) is 27.8 Å². The lowest BCUT2D eigenvalue weighted by Gasteiger charge is -2.39. The Morgan fingerprint density at radius 3 is 1.77 bits per heavy atom. The summed E-state index contributed by atoms with van der Waals surface area (Å²) in [6, 6.07) is 64.4. The van der Waals surface area contributed by atoms with Gasteiger partial charge in [0.2, 0.25) is 5.88 Å². The predicted molar refractivity (Wildman–Crippen MR) is 226 cm³/mol. The molecule has 0 bridgehead atoms. The first kappa shape index (κ1) is 31.1. The third-order valence-electron chi connectivity index (χ3n) is 12.0. The Balaban J connectivity index is 1.11. The van der Waals surface area contributed by atoms with Crippen LogP contribution >= 0.6 is 0 Å². The van der Waals surface area contributed by atoms with Crippen LogP contribution in [0.4, 0.5) is 17.3 Å². The maximum Gasteiger partial charge on any atom is 0.208 e. The Hall–Kier alpha value is -7.30. The summed E-state index contributed by atoms with van der Waals surface area (Å²) in [5.74, 6) is 2.54. The number of furan rings is 2. The molecule has 2 aliphatic rings. The molecule has 264 valence electrons. The van der Waals surface area contributed by atoms with Crippen molar-refractivity contribution in [3.63, 3.8) is 0 Å². The fourth-order valence-electron chi connectivity index (χ4n) is 9.58. The average molecular weight is 720 g/mol. The molecule has 0 amide bonds. The van der Waals surface area contributed by atoms with Crippen LogP contribution in [-0.2, 0) is 5.41 Å². The number of ether oxygens (including phenoxy) is 1. The van der Waals surface area contributed by atoms with Gasteiger partial charge in [0.1, 0.15) is 28.2 Å². The molecule has 0 atom stereocenters. The number of aryl methyl sites for hydroxylation is 1. The van der Waals surface area contributed by atoms with E-state index in [1.165, 1.54) is 22.3 Å². The van der Waals surface area contributed by atoms with Crippen LogP contribution in [0.3, 0.4) is 0 Å². The quantitative estimate of drug-likeness (QED) is 0.182. The van der Waals surface area contributed by atoms with E-state index in [1.807, 2.05) is 18.2 Å². The molecule has 56 heavy (non-hydrogen) atoms. The summed E-state index contributed by atoms with van der Waals surface area (Å²) in [5.41, 5.74) is 14.4. The van der Waals surface area contributed by atoms with E-state index in [-0.39, 0.29) is 0 Å². The fraction of sp³-hybridized carbons (Fsp3) is 0.0385. The summed E-state index contributed by atoms with van der Waals surface area (Å²) in [6.45, 7) is 2.16. The van der Waals surface area contributed by atoms with Crippen molar-refractivity contribution in [3.05, 3.63) is 210 Å². The molecule has 0 fully saturated rings. The van der Waals surface area contributed by atoms with Gasteiger partial charge in [0.15, 0.2) is 0 Å². The van der Waals surface area contributed by atoms with E-state index in [4.69, 9.17) is 13.6 Å². The number of para-hydroxylation sites is 5. The Labute approximate surface area is 323 Å². The molecule has 10 aromatic rings. The molecule has 1 spiro atoms. The van der Waals surface area contributed by atoms with Gasteiger partial charge in [-0.05, 0) is 71.6 Å². The largest absolute Gasteiger partial charge is 0.457 e. The zero-order chi connectivity index (χ0) is 37.0. The van der Waals surface area contributed by atoms with Gasteiger partial charge in [0.25, 0.3) is 0 Å². The lowest BCUT2D eigenvalue weighted by molar-refractivity contribution is 0.436. The van der Waals surface area contributed by atoms with Crippen LogP contribution in [0.2, 0.25) is 0 Å². The number of nitrogens with zero attached hydrogens (tertiary/aromatic N) is 1. The Morgan fingerprint density at radius 1 is 0.446 bits per heavy atom. The third kappa shape index (κ3) is 4.13. The average Bonchev–Trinajstić information content (AvgIpc) is 3.90. The summed E-state index contributed by atoms with van der Waals surface area (Å²) in [4.78, 5) is 2.31. The second-order valence-corrected chi connectivity index (χ2v) is 14.8. The molecule has 1 aliphatic carbocycles. The van der Waals surface area contributed by atoms with Crippen LogP contribution in [0, 0.1) is 6.92 Å². The molecule has 3 heterocycles. The van der Waals surface area contributed by atoms with Crippen molar-refractivity contribution in [1.29, 1.82) is 0 Å². The minimum absolute atomic E-state index is 0.586. The zero-order valence-electron chi connectivity index (χ0n) is 30.5. The van der Waals surface area contributed by atoms with Gasteiger partial charge in [-0.25, -0.2) is 0 Å². The van der Waals surface area contributed by atoms with Gasteiger partial charge in [0, 0.05) is 49.7 Å². The molecular weight excluding hydrogens is 687 g/mol. The molecule has 12 rings (SSSR count). The second-order valence-electron chi connectivity index (χ2n) is 14.8. The highest BCUT2D eigenvalue weighted by molar-refractivity contribution is 6.09. The minimum atomic E-state index is -0.586. The number of hydrogen-bond donors (Lipinski definition) is 0. The van der Waals surface area contributed by atoms with Crippen molar-refractivity contribution in [2.24, 2.45) is 0 Å². The van der Waals surface area contributed by atoms with Crippen LogP contribution in [0.25, 0.3) is 55.2 Å². The zero-order valence-corrected chi connectivity index (χ0v) is 30.5. The number of anilines is 3. The highest BCUT2D eigenvalue weighted by Crippen LogP contribution is 2.64. The summed E-state index contributed by atoms with van der Waals surface area (Å²) in [6.07, 6.45) is 0. The van der Waals surface area contributed by atoms with Gasteiger partial charge >= 0.3 is 0 Å². The number of hydrogen-bond acceptors (Lipinski definition) is 4. The number of benzene rings is 8. The van der Waals surface area contributed by atoms with E-state index >= 15 is 0 Å². The summed E-state index contributed by atoms with van der Waals surface area (Å²) < 4.78 is 19.9. The highest BCUT2D eigenvalue weighted by atomic mass is 16.5. The number of rotatable bonds is 4. The normalized spacial score (nSPS) is 13.4. The van der Waals surface area contributed by atoms with E-state index in [0.717, 1.165) is 89.5 Å². The van der Waals surface area contributed by atoms with Gasteiger partial charge in [-0.2, -0.15) is 0 Å². The Bertz CT molecular complexity index is 3160. The van der Waals surface area contributed by atoms with Gasteiger partial charge in [0.05, 0.1) is 11.1 Å². The molecule has 0 radical (unpaired) electrons. The fourth-order valence-corrected chi connectivity index (χ4v) is 9.58. The van der Waals surface area contributed by atoms with E-state index in [2.05, 4.69) is 176 Å². The maximum atomic E-state index is 6.86. The molecule has 0 N–H and O–H groups in total. The lowest BCUT2D eigenvalue weighted by atomic mass is 9.66. The van der Waals surface area contributed by atoms with Crippen molar-refractivity contribution in [2.75, 3.05) is 4.90 Å². The molecule has 2 aromatic heterocycles. The maximum absolute atomic E-state index is 6.86. The third-order valence-corrected chi connectivity index (χ3v) is 12.0. The van der Waals surface area contributed by atoms with E-state index in [0.29, 0.717) is 0 Å². The minimum Gasteiger partial charge on any atom is -0.457 e. The van der Waals surface area contributed by atoms with Gasteiger partial charge < -0.3 is 13.6 Å². The van der Waals surface area contributed by atoms with E-state index in [9.17, 15) is 0 Å². The Kier molecular flexibility index (Phi) is 6.44. The second kappa shape index (κ2) is 11.6. The standard InChI is InChI=1S/C52H33NO3/c1-32-35-14-3-8-24-45(35)56-51(32)53(34-30-28-33(29-31-34)36-17-12-18-38-37-15-4-9-25-46(37)55-50(36)38)44-23-13-22-43-49(44)39-16-2-5-19-40(39)52(43)41-20-6-10-26-47(41)54-48-27-11-7-21-42(48)52/h2-31H,1H3. The summed E-state index contributed by atoms with van der Waals surface area (Å²) in [5, 5.41) is 3.33. The topological polar surface area (TPSA) is 38.8 Å². The number of fused-ring (bicyclic) bond motifs is 13. The van der Waals surface area contributed by atoms with Gasteiger partial charge in [-0.15, -0.1) is 0 Å². The first-order chi connectivity index (χ1) is 27.7. The first-order valence-electron chi connectivity index (χ1n) is 19.1. The molecule has 4 nitrogen and oxygen atoms in total. The van der Waals surface area contributed by atoms with Crippen molar-refractivity contribution in [1.82, 2.24) is 0 Å². The molecule has 0 saturated heterocycles. The van der Waals surface area contributed by atoms with Crippen molar-refractivity contribution in [3.8, 4) is 33.8 Å². The molecule has 8 aromatic carbocycles. The van der Waals surface area contributed by atoms with Crippen LogP contribution < -0.4 is 9.64 Å². The predicted octanol–water partition coefficient (Wildman–Crippen LogP) is 14.2. The highest BCUT2D eigenvalue weighted by Gasteiger charge is 2.52. The molecule has 0 unspecified atom stereocenters. The Morgan fingerprint density at radius 2 is 1.02 bits per heavy atom. The SMILES string of the molecule is Cc1c(N(c2ccc(-c3cccc4c3oc3ccccc34)cc2)c2cccc3c2-c2ccccc2C32c3ccccc3Oc3ccccc32)oc2ccccc12. The van der Waals surface area contributed by atoms with E-state index in [1.54, 1.807) is 0 Å². The van der Waals surface area contributed by atoms with Crippen molar-refractivity contribution < 1.29 is 13.6 Å². The molecule has 1 aliphatic heterocycles. The first-order valence-corrected chi connectivity index (χ1v) is 19.1. The van der Waals surface area contributed by atoms with Crippen molar-refractivity contribution >= 4 is 50.2 Å². The van der Waals surface area contributed by atoms with E-state index < -0.39 is 5.41 Å². The summed E-state index contributed by atoms with van der Waals surface area (Å²) >= 11 is 0. The smallest absolute Gasteiger partial charge is 0.208 e. The van der Waals surface area contributed by atoms with Crippen molar-refractivity contribution in [2.45, 2.75) is 12.3 Å². The van der Waals surface area contributed by atoms with Crippen LogP contribution in [0.15, 0.2) is 191 Å². The summed E-state index contributed by atoms with van der Waals surface area (Å²) in [7, 11) is 0. The monoisotopic (exact) mass is 719 g/mol. The van der Waals surface area contributed by atoms with Crippen LogP contribution in [-0.4, -0.2) is 0 Å². The lowest BCUT2D eigenvalue weighted by Crippen LogP contribution is -2.32. The van der Waals surface area contributed by atoms with Gasteiger partial charge in [-0.3, -0.25) is 4.90 Å². The van der Waals surface area contributed by atoms with Crippen LogP contribution in [0.5, 0.6) is 11.5 Å². The molecule has 4 heteroatoms. The van der Waals surface area contributed by atoms with Gasteiger partial charge in [-0.1, -0.05) is 140 Å². The molecular formula is C52H33NO3.